The lowest BCUT2D eigenvalue weighted by molar-refractivity contribution is 0.626. The summed E-state index contributed by atoms with van der Waals surface area (Å²) in [7, 11) is 0. The van der Waals surface area contributed by atoms with E-state index in [1.165, 1.54) is 12.1 Å². The molecule has 0 aliphatic heterocycles. The molecule has 0 bridgehead atoms. The molecule has 0 radical (unpaired) electrons. The Morgan fingerprint density at radius 3 is 2.57 bits per heavy atom. The molecule has 0 aliphatic carbocycles. The predicted molar refractivity (Wildman–Crippen MR) is 52.5 cm³/mol. The van der Waals surface area contributed by atoms with Crippen molar-refractivity contribution in [1.29, 1.82) is 0 Å². The summed E-state index contributed by atoms with van der Waals surface area (Å²) in [6.07, 6.45) is 3.68. The van der Waals surface area contributed by atoms with Crippen molar-refractivity contribution in [1.82, 2.24) is 9.55 Å². The standard InChI is InChI=1S/C11H11FN2/c1-9-13-6-7-14(9)8-10-2-4-11(12)5-3-10/h2-7H,8H2,1H3. The molecule has 0 spiro atoms. The molecule has 0 atom stereocenters. The van der Waals surface area contributed by atoms with Crippen molar-refractivity contribution in [2.45, 2.75) is 13.5 Å². The van der Waals surface area contributed by atoms with Crippen LogP contribution in [0.5, 0.6) is 0 Å². The molecule has 2 nitrogen and oxygen atoms in total. The maximum atomic E-state index is 12.6. The summed E-state index contributed by atoms with van der Waals surface area (Å²) in [6.45, 7) is 2.69. The zero-order valence-electron chi connectivity index (χ0n) is 7.94. The van der Waals surface area contributed by atoms with Crippen molar-refractivity contribution in [2.24, 2.45) is 0 Å². The Kier molecular flexibility index (Phi) is 2.31. The molecule has 1 heterocycles. The maximum Gasteiger partial charge on any atom is 0.123 e. The first-order valence-corrected chi connectivity index (χ1v) is 4.48. The fourth-order valence-electron chi connectivity index (χ4n) is 1.36. The number of hydrogen-bond donors (Lipinski definition) is 0. The molecule has 0 aliphatic rings. The first-order chi connectivity index (χ1) is 6.75. The molecule has 2 aromatic rings. The van der Waals surface area contributed by atoms with Crippen molar-refractivity contribution >= 4 is 0 Å². The third kappa shape index (κ3) is 1.82. The van der Waals surface area contributed by atoms with E-state index in [1.54, 1.807) is 18.3 Å². The molecule has 0 unspecified atom stereocenters. The molecule has 0 amide bonds. The van der Waals surface area contributed by atoms with Gasteiger partial charge in [-0.15, -0.1) is 0 Å². The summed E-state index contributed by atoms with van der Waals surface area (Å²) >= 11 is 0. The summed E-state index contributed by atoms with van der Waals surface area (Å²) in [5.41, 5.74) is 1.08. The highest BCUT2D eigenvalue weighted by atomic mass is 19.1. The minimum atomic E-state index is -0.198. The molecular weight excluding hydrogens is 179 g/mol. The van der Waals surface area contributed by atoms with E-state index < -0.39 is 0 Å². The lowest BCUT2D eigenvalue weighted by Gasteiger charge is -2.04. The van der Waals surface area contributed by atoms with E-state index in [1.807, 2.05) is 17.7 Å². The fourth-order valence-corrected chi connectivity index (χ4v) is 1.36. The van der Waals surface area contributed by atoms with Crippen molar-refractivity contribution in [3.8, 4) is 0 Å². The minimum Gasteiger partial charge on any atom is -0.331 e. The van der Waals surface area contributed by atoms with Gasteiger partial charge in [0.1, 0.15) is 11.6 Å². The van der Waals surface area contributed by atoms with Gasteiger partial charge < -0.3 is 4.57 Å². The lowest BCUT2D eigenvalue weighted by Crippen LogP contribution is -2.00. The van der Waals surface area contributed by atoms with E-state index in [2.05, 4.69) is 4.98 Å². The normalized spacial score (nSPS) is 10.4. The highest BCUT2D eigenvalue weighted by molar-refractivity contribution is 5.16. The SMILES string of the molecule is Cc1nccn1Cc1ccc(F)cc1. The molecule has 1 aromatic carbocycles. The van der Waals surface area contributed by atoms with Gasteiger partial charge in [-0.25, -0.2) is 9.37 Å². The lowest BCUT2D eigenvalue weighted by atomic mass is 10.2. The Morgan fingerprint density at radius 1 is 1.29 bits per heavy atom. The summed E-state index contributed by atoms with van der Waals surface area (Å²) in [5.74, 6) is 0.769. The van der Waals surface area contributed by atoms with Crippen LogP contribution in [-0.4, -0.2) is 9.55 Å². The molecule has 1 aromatic heterocycles. The number of halogens is 1. The van der Waals surface area contributed by atoms with Crippen LogP contribution in [0.3, 0.4) is 0 Å². The number of rotatable bonds is 2. The van der Waals surface area contributed by atoms with Crippen LogP contribution in [0.4, 0.5) is 4.39 Å². The second kappa shape index (κ2) is 3.62. The topological polar surface area (TPSA) is 17.8 Å². The minimum absolute atomic E-state index is 0.198. The number of aryl methyl sites for hydroxylation is 1. The highest BCUT2D eigenvalue weighted by Gasteiger charge is 1.98. The zero-order valence-corrected chi connectivity index (χ0v) is 7.94. The van der Waals surface area contributed by atoms with Gasteiger partial charge in [-0.3, -0.25) is 0 Å². The molecular formula is C11H11FN2. The van der Waals surface area contributed by atoms with E-state index >= 15 is 0 Å². The summed E-state index contributed by atoms with van der Waals surface area (Å²) < 4.78 is 14.6. The Bertz CT molecular complexity index is 417. The highest BCUT2D eigenvalue weighted by Crippen LogP contribution is 2.06. The van der Waals surface area contributed by atoms with Crippen molar-refractivity contribution < 1.29 is 4.39 Å². The Labute approximate surface area is 82.0 Å². The van der Waals surface area contributed by atoms with Gasteiger partial charge in [0.2, 0.25) is 0 Å². The third-order valence-corrected chi connectivity index (χ3v) is 2.19. The van der Waals surface area contributed by atoms with Crippen molar-refractivity contribution in [3.63, 3.8) is 0 Å². The second-order valence-corrected chi connectivity index (χ2v) is 3.23. The Balaban J connectivity index is 2.19. The molecule has 72 valence electrons. The Hall–Kier alpha value is -1.64. The van der Waals surface area contributed by atoms with Gasteiger partial charge in [-0.1, -0.05) is 12.1 Å². The molecule has 3 heteroatoms. The zero-order chi connectivity index (χ0) is 9.97. The van der Waals surface area contributed by atoms with Gasteiger partial charge in [0.25, 0.3) is 0 Å². The molecule has 14 heavy (non-hydrogen) atoms. The van der Waals surface area contributed by atoms with Gasteiger partial charge in [-0.05, 0) is 24.6 Å². The van der Waals surface area contributed by atoms with Crippen LogP contribution in [0.2, 0.25) is 0 Å². The van der Waals surface area contributed by atoms with Crippen molar-refractivity contribution in [3.05, 3.63) is 53.9 Å². The maximum absolute atomic E-state index is 12.6. The van der Waals surface area contributed by atoms with Gasteiger partial charge in [0, 0.05) is 18.9 Å². The number of aromatic nitrogens is 2. The first kappa shape index (κ1) is 8.94. The van der Waals surface area contributed by atoms with Crippen LogP contribution in [0, 0.1) is 12.7 Å². The summed E-state index contributed by atoms with van der Waals surface area (Å²) in [4.78, 5) is 4.12. The van der Waals surface area contributed by atoms with E-state index in [0.29, 0.717) is 0 Å². The van der Waals surface area contributed by atoms with Crippen LogP contribution < -0.4 is 0 Å². The molecule has 0 N–H and O–H groups in total. The third-order valence-electron chi connectivity index (χ3n) is 2.19. The van der Waals surface area contributed by atoms with Crippen LogP contribution in [-0.2, 0) is 6.54 Å². The van der Waals surface area contributed by atoms with Crippen LogP contribution in [0.15, 0.2) is 36.7 Å². The monoisotopic (exact) mass is 190 g/mol. The number of benzene rings is 1. The van der Waals surface area contributed by atoms with Gasteiger partial charge in [-0.2, -0.15) is 0 Å². The average Bonchev–Trinajstić information content (AvgIpc) is 2.56. The quantitative estimate of drug-likeness (QED) is 0.711. The summed E-state index contributed by atoms with van der Waals surface area (Å²) in [5, 5.41) is 0. The first-order valence-electron chi connectivity index (χ1n) is 4.48. The number of nitrogens with zero attached hydrogens (tertiary/aromatic N) is 2. The number of imidazole rings is 1. The van der Waals surface area contributed by atoms with Gasteiger partial charge in [0.15, 0.2) is 0 Å². The summed E-state index contributed by atoms with van der Waals surface area (Å²) in [6, 6.07) is 6.52. The number of hydrogen-bond acceptors (Lipinski definition) is 1. The molecule has 0 saturated heterocycles. The van der Waals surface area contributed by atoms with E-state index in [-0.39, 0.29) is 5.82 Å². The van der Waals surface area contributed by atoms with E-state index in [4.69, 9.17) is 0 Å². The largest absolute Gasteiger partial charge is 0.331 e. The second-order valence-electron chi connectivity index (χ2n) is 3.23. The van der Waals surface area contributed by atoms with Crippen LogP contribution in [0.25, 0.3) is 0 Å². The van der Waals surface area contributed by atoms with Crippen molar-refractivity contribution in [2.75, 3.05) is 0 Å². The molecule has 2 rings (SSSR count). The molecule has 0 fully saturated rings. The molecule has 0 saturated carbocycles. The van der Waals surface area contributed by atoms with Gasteiger partial charge in [0.05, 0.1) is 0 Å². The van der Waals surface area contributed by atoms with Gasteiger partial charge >= 0.3 is 0 Å². The predicted octanol–water partition coefficient (Wildman–Crippen LogP) is 2.38. The van der Waals surface area contributed by atoms with Crippen LogP contribution >= 0.6 is 0 Å². The van der Waals surface area contributed by atoms with Crippen LogP contribution in [0.1, 0.15) is 11.4 Å². The smallest absolute Gasteiger partial charge is 0.123 e. The van der Waals surface area contributed by atoms with E-state index in [9.17, 15) is 4.39 Å². The average molecular weight is 190 g/mol. The Morgan fingerprint density at radius 2 is 2.00 bits per heavy atom. The fraction of sp³-hybridized carbons (Fsp3) is 0.182. The van der Waals surface area contributed by atoms with E-state index in [0.717, 1.165) is 17.9 Å².